The predicted molar refractivity (Wildman–Crippen MR) is 49.6 cm³/mol. The largest absolute Gasteiger partial charge is 0.319 e. The summed E-state index contributed by atoms with van der Waals surface area (Å²) in [5, 5.41) is 2.91. The lowest BCUT2D eigenvalue weighted by molar-refractivity contribution is 0.512. The smallest absolute Gasteiger partial charge is 0.216 e. The van der Waals surface area contributed by atoms with Crippen LogP contribution in [0.15, 0.2) is 12.1 Å². The predicted octanol–water partition coefficient (Wildman–Crippen LogP) is 1.32. The van der Waals surface area contributed by atoms with Gasteiger partial charge in [0.25, 0.3) is 0 Å². The Kier molecular flexibility index (Phi) is 4.02. The average molecular weight is 196 g/mol. The Bertz CT molecular complexity index is 346. The fraction of sp³-hybridized carbons (Fsp3) is 0.300. The highest BCUT2D eigenvalue weighted by Gasteiger charge is 1.98. The maximum absolute atomic E-state index is 12.6. The van der Waals surface area contributed by atoms with E-state index in [2.05, 4.69) is 22.1 Å². The van der Waals surface area contributed by atoms with E-state index in [0.717, 1.165) is 18.7 Å². The summed E-state index contributed by atoms with van der Waals surface area (Å²) in [5.41, 5.74) is 0.311. The molecule has 0 atom stereocenters. The molecule has 4 heteroatoms. The van der Waals surface area contributed by atoms with Crippen molar-refractivity contribution >= 4 is 0 Å². The molecule has 0 aliphatic heterocycles. The van der Waals surface area contributed by atoms with Crippen LogP contribution in [-0.4, -0.2) is 18.6 Å². The van der Waals surface area contributed by atoms with E-state index >= 15 is 0 Å². The highest BCUT2D eigenvalue weighted by Crippen LogP contribution is 2.02. The number of hydrogen-bond acceptors (Lipinski definition) is 2. The topological polar surface area (TPSA) is 24.9 Å². The zero-order valence-electron chi connectivity index (χ0n) is 7.77. The van der Waals surface area contributed by atoms with E-state index in [1.807, 2.05) is 7.05 Å². The minimum Gasteiger partial charge on any atom is -0.319 e. The van der Waals surface area contributed by atoms with Crippen molar-refractivity contribution in [1.29, 1.82) is 0 Å². The first-order valence-corrected chi connectivity index (χ1v) is 4.19. The van der Waals surface area contributed by atoms with Gasteiger partial charge in [0, 0.05) is 30.7 Å². The van der Waals surface area contributed by atoms with Gasteiger partial charge >= 0.3 is 0 Å². The molecule has 1 aromatic rings. The minimum atomic E-state index is -0.845. The Hall–Kier alpha value is -1.47. The molecule has 1 rings (SSSR count). The average Bonchev–Trinajstić information content (AvgIpc) is 2.11. The van der Waals surface area contributed by atoms with Crippen LogP contribution in [0.5, 0.6) is 0 Å². The molecule has 2 nitrogen and oxygen atoms in total. The molecule has 0 radical (unpaired) electrons. The van der Waals surface area contributed by atoms with Crippen molar-refractivity contribution in [2.24, 2.45) is 0 Å². The maximum atomic E-state index is 12.6. The molecular weight excluding hydrogens is 186 g/mol. The molecule has 0 saturated heterocycles. The first-order chi connectivity index (χ1) is 6.72. The number of halogens is 2. The van der Waals surface area contributed by atoms with Gasteiger partial charge in [-0.3, -0.25) is 0 Å². The Labute approximate surface area is 81.4 Å². The van der Waals surface area contributed by atoms with Gasteiger partial charge in [0.2, 0.25) is 11.9 Å². The number of nitrogens with one attached hydrogen (secondary N) is 1. The van der Waals surface area contributed by atoms with Crippen LogP contribution in [0.1, 0.15) is 12.0 Å². The SMILES string of the molecule is CNCCC#Cc1cc(F)nc(F)c1. The Morgan fingerprint density at radius 3 is 2.57 bits per heavy atom. The van der Waals surface area contributed by atoms with E-state index in [4.69, 9.17) is 0 Å². The zero-order chi connectivity index (χ0) is 10.4. The molecule has 0 aliphatic rings. The van der Waals surface area contributed by atoms with Gasteiger partial charge in [0.1, 0.15) is 0 Å². The summed E-state index contributed by atoms with van der Waals surface area (Å²) in [5.74, 6) is 3.75. The van der Waals surface area contributed by atoms with Crippen LogP contribution < -0.4 is 5.32 Å². The van der Waals surface area contributed by atoms with Crippen molar-refractivity contribution in [3.05, 3.63) is 29.6 Å². The highest BCUT2D eigenvalue weighted by molar-refractivity contribution is 5.32. The van der Waals surface area contributed by atoms with Gasteiger partial charge in [0.05, 0.1) is 0 Å². The summed E-state index contributed by atoms with van der Waals surface area (Å²) in [7, 11) is 1.81. The molecule has 74 valence electrons. The third-order valence-corrected chi connectivity index (χ3v) is 1.50. The normalized spacial score (nSPS) is 9.36. The van der Waals surface area contributed by atoms with E-state index in [0.29, 0.717) is 12.0 Å². The summed E-state index contributed by atoms with van der Waals surface area (Å²) < 4.78 is 25.1. The van der Waals surface area contributed by atoms with Crippen LogP contribution in [0.4, 0.5) is 8.78 Å². The van der Waals surface area contributed by atoms with Crippen LogP contribution in [0.25, 0.3) is 0 Å². The Morgan fingerprint density at radius 2 is 2.00 bits per heavy atom. The molecule has 0 amide bonds. The highest BCUT2D eigenvalue weighted by atomic mass is 19.1. The molecule has 0 spiro atoms. The van der Waals surface area contributed by atoms with Crippen molar-refractivity contribution < 1.29 is 8.78 Å². The first kappa shape index (κ1) is 10.6. The monoisotopic (exact) mass is 196 g/mol. The van der Waals surface area contributed by atoms with Gasteiger partial charge in [-0.25, -0.2) is 0 Å². The third-order valence-electron chi connectivity index (χ3n) is 1.50. The van der Waals surface area contributed by atoms with E-state index in [1.54, 1.807) is 0 Å². The summed E-state index contributed by atoms with van der Waals surface area (Å²) >= 11 is 0. The van der Waals surface area contributed by atoms with Gasteiger partial charge in [-0.15, -0.1) is 0 Å². The molecule has 0 bridgehead atoms. The molecule has 0 aromatic carbocycles. The quantitative estimate of drug-likeness (QED) is 0.438. The Morgan fingerprint density at radius 1 is 1.36 bits per heavy atom. The van der Waals surface area contributed by atoms with Gasteiger partial charge in [-0.05, 0) is 7.05 Å². The summed E-state index contributed by atoms with van der Waals surface area (Å²) in [6, 6.07) is 2.21. The molecule has 1 aromatic heterocycles. The second kappa shape index (κ2) is 5.30. The molecule has 1 N–H and O–H groups in total. The molecule has 14 heavy (non-hydrogen) atoms. The summed E-state index contributed by atoms with van der Waals surface area (Å²) in [6.45, 7) is 0.753. The Balaban J connectivity index is 2.69. The lowest BCUT2D eigenvalue weighted by atomic mass is 10.2. The molecule has 0 saturated carbocycles. The molecule has 1 heterocycles. The standard InChI is InChI=1S/C10H10F2N2/c1-13-5-3-2-4-8-6-9(11)14-10(12)7-8/h6-7,13H,3,5H2,1H3. The fourth-order valence-corrected chi connectivity index (χ4v) is 0.889. The van der Waals surface area contributed by atoms with Gasteiger partial charge in [-0.2, -0.15) is 13.8 Å². The fourth-order valence-electron chi connectivity index (χ4n) is 0.889. The van der Waals surface area contributed by atoms with Crippen LogP contribution in [-0.2, 0) is 0 Å². The zero-order valence-corrected chi connectivity index (χ0v) is 7.77. The van der Waals surface area contributed by atoms with Crippen molar-refractivity contribution in [3.8, 4) is 11.8 Å². The van der Waals surface area contributed by atoms with Gasteiger partial charge < -0.3 is 5.32 Å². The minimum absolute atomic E-state index is 0.311. The molecule has 0 aliphatic carbocycles. The van der Waals surface area contributed by atoms with Crippen LogP contribution >= 0.6 is 0 Å². The van der Waals surface area contributed by atoms with Crippen LogP contribution in [0.2, 0.25) is 0 Å². The van der Waals surface area contributed by atoms with E-state index in [9.17, 15) is 8.78 Å². The van der Waals surface area contributed by atoms with Crippen LogP contribution in [0, 0.1) is 23.7 Å². The number of rotatable bonds is 2. The lowest BCUT2D eigenvalue weighted by Gasteiger charge is -1.92. The number of pyridine rings is 1. The second-order valence-electron chi connectivity index (χ2n) is 2.66. The second-order valence-corrected chi connectivity index (χ2v) is 2.66. The van der Waals surface area contributed by atoms with E-state index in [-0.39, 0.29) is 0 Å². The maximum Gasteiger partial charge on any atom is 0.216 e. The summed E-state index contributed by atoms with van der Waals surface area (Å²) in [4.78, 5) is 2.97. The first-order valence-electron chi connectivity index (χ1n) is 4.19. The molecule has 0 fully saturated rings. The van der Waals surface area contributed by atoms with E-state index < -0.39 is 11.9 Å². The van der Waals surface area contributed by atoms with Crippen LogP contribution in [0.3, 0.4) is 0 Å². The number of aromatic nitrogens is 1. The number of nitrogens with zero attached hydrogens (tertiary/aromatic N) is 1. The molecule has 0 unspecified atom stereocenters. The molecular formula is C10H10F2N2. The van der Waals surface area contributed by atoms with Crippen molar-refractivity contribution in [2.75, 3.05) is 13.6 Å². The van der Waals surface area contributed by atoms with E-state index in [1.165, 1.54) is 0 Å². The van der Waals surface area contributed by atoms with Gasteiger partial charge in [-0.1, -0.05) is 11.8 Å². The van der Waals surface area contributed by atoms with Gasteiger partial charge in [0.15, 0.2) is 0 Å². The van der Waals surface area contributed by atoms with Crippen molar-refractivity contribution in [2.45, 2.75) is 6.42 Å². The van der Waals surface area contributed by atoms with Crippen molar-refractivity contribution in [3.63, 3.8) is 0 Å². The lowest BCUT2D eigenvalue weighted by Crippen LogP contribution is -2.05. The number of hydrogen-bond donors (Lipinski definition) is 1. The third kappa shape index (κ3) is 3.50. The summed E-state index contributed by atoms with van der Waals surface area (Å²) in [6.07, 6.45) is 0.641. The van der Waals surface area contributed by atoms with Crippen molar-refractivity contribution in [1.82, 2.24) is 10.3 Å².